The molecule has 5 saturated carbocycles. The number of carbonyl (C=O) groups is 1. The van der Waals surface area contributed by atoms with Crippen molar-refractivity contribution >= 4 is 5.97 Å². The van der Waals surface area contributed by atoms with Crippen molar-refractivity contribution in [2.24, 2.45) is 56.7 Å². The zero-order chi connectivity index (χ0) is 28.0. The molecular weight excluding hydrogens is 476 g/mol. The second-order valence-electron chi connectivity index (χ2n) is 16.5. The smallest absolute Gasteiger partial charge is 0.338 e. The van der Waals surface area contributed by atoms with Crippen molar-refractivity contribution in [3.63, 3.8) is 0 Å². The molecule has 5 aliphatic rings. The van der Waals surface area contributed by atoms with Gasteiger partial charge in [-0.2, -0.15) is 0 Å². The number of hydrogen-bond donors (Lipinski definition) is 0. The highest BCUT2D eigenvalue weighted by Gasteiger charge is 2.70. The Morgan fingerprint density at radius 3 is 2.21 bits per heavy atom. The molecule has 0 aromatic heterocycles. The lowest BCUT2D eigenvalue weighted by Crippen LogP contribution is -2.66. The zero-order valence-electron chi connectivity index (χ0n) is 25.9. The average Bonchev–Trinajstić information content (AvgIpc) is 3.24. The Morgan fingerprint density at radius 1 is 0.795 bits per heavy atom. The Hall–Kier alpha value is -1.57. The predicted octanol–water partition coefficient (Wildman–Crippen LogP) is 9.89. The first-order valence-corrected chi connectivity index (χ1v) is 16.2. The second kappa shape index (κ2) is 8.96. The molecule has 2 heteroatoms. The van der Waals surface area contributed by atoms with Crippen LogP contribution in [0.1, 0.15) is 123 Å². The van der Waals surface area contributed by atoms with Gasteiger partial charge in [-0.25, -0.2) is 4.79 Å². The monoisotopic (exact) mass is 530 g/mol. The normalized spacial score (nSPS) is 48.2. The standard InChI is InChI=1S/C37H54O2/c1-24(2)26-16-19-34(5)22-23-36(7)27(31(26)34)14-15-29-35(6)20-18-30(39-32(38)25-12-10-9-11-13-25)33(3,4)28(35)17-21-37(29,36)8/h9-13,26-31H,1,14-23H2,2-8H3/t26-,27+,28-,29+,30?,31+,34+,35-,36+,37+/m0/s1. The van der Waals surface area contributed by atoms with Crippen LogP contribution in [0.25, 0.3) is 0 Å². The molecule has 0 amide bonds. The van der Waals surface area contributed by atoms with Crippen LogP contribution in [0, 0.1) is 56.7 Å². The molecule has 5 aliphatic carbocycles. The first-order chi connectivity index (χ1) is 18.3. The fourth-order valence-corrected chi connectivity index (χ4v) is 12.4. The highest BCUT2D eigenvalue weighted by molar-refractivity contribution is 5.89. The van der Waals surface area contributed by atoms with Crippen LogP contribution in [0.5, 0.6) is 0 Å². The lowest BCUT2D eigenvalue weighted by molar-refractivity contribution is -0.246. The van der Waals surface area contributed by atoms with Crippen molar-refractivity contribution in [2.45, 2.75) is 119 Å². The number of benzene rings is 1. The van der Waals surface area contributed by atoms with Crippen molar-refractivity contribution in [2.75, 3.05) is 0 Å². The third-order valence-corrected chi connectivity index (χ3v) is 14.7. The number of carbonyl (C=O) groups excluding carboxylic acids is 1. The van der Waals surface area contributed by atoms with Crippen molar-refractivity contribution < 1.29 is 9.53 Å². The van der Waals surface area contributed by atoms with Crippen LogP contribution in [0.2, 0.25) is 0 Å². The summed E-state index contributed by atoms with van der Waals surface area (Å²) in [6.45, 7) is 22.4. The van der Waals surface area contributed by atoms with Gasteiger partial charge in [-0.05, 0) is 135 Å². The molecule has 214 valence electrons. The minimum Gasteiger partial charge on any atom is -0.458 e. The van der Waals surface area contributed by atoms with Gasteiger partial charge < -0.3 is 4.74 Å². The number of hydrogen-bond acceptors (Lipinski definition) is 2. The number of esters is 1. The molecule has 0 heterocycles. The Kier molecular flexibility index (Phi) is 6.34. The Morgan fingerprint density at radius 2 is 1.51 bits per heavy atom. The van der Waals surface area contributed by atoms with Crippen molar-refractivity contribution in [1.82, 2.24) is 0 Å². The maximum absolute atomic E-state index is 13.1. The summed E-state index contributed by atoms with van der Waals surface area (Å²) in [5.41, 5.74) is 3.72. The molecule has 39 heavy (non-hydrogen) atoms. The largest absolute Gasteiger partial charge is 0.458 e. The molecule has 0 N–H and O–H groups in total. The van der Waals surface area contributed by atoms with Gasteiger partial charge in [0.25, 0.3) is 0 Å². The van der Waals surface area contributed by atoms with Crippen molar-refractivity contribution in [3.8, 4) is 0 Å². The van der Waals surface area contributed by atoms with Crippen LogP contribution in [-0.2, 0) is 4.74 Å². The first kappa shape index (κ1) is 27.6. The number of fused-ring (bicyclic) bond motifs is 7. The van der Waals surface area contributed by atoms with Crippen LogP contribution < -0.4 is 0 Å². The van der Waals surface area contributed by atoms with Gasteiger partial charge in [0.2, 0.25) is 0 Å². The SMILES string of the molecule is C=C(C)[C@@H]1CC[C@]2(C)CC[C@]3(C)[C@H](CC[C@@H]4[C@@]5(C)CCC(OC(=O)c6ccccc6)C(C)(C)[C@@H]5CC[C@]43C)[C@@H]12. The van der Waals surface area contributed by atoms with Gasteiger partial charge in [-0.3, -0.25) is 0 Å². The molecule has 0 radical (unpaired) electrons. The lowest BCUT2D eigenvalue weighted by Gasteiger charge is -2.73. The molecule has 1 aromatic carbocycles. The topological polar surface area (TPSA) is 26.3 Å². The predicted molar refractivity (Wildman–Crippen MR) is 160 cm³/mol. The molecule has 0 aliphatic heterocycles. The van der Waals surface area contributed by atoms with E-state index in [-0.39, 0.29) is 17.5 Å². The van der Waals surface area contributed by atoms with Gasteiger partial charge in [0.1, 0.15) is 6.10 Å². The van der Waals surface area contributed by atoms with Gasteiger partial charge in [0, 0.05) is 5.41 Å². The lowest BCUT2D eigenvalue weighted by atomic mass is 9.32. The van der Waals surface area contributed by atoms with Crippen LogP contribution >= 0.6 is 0 Å². The van der Waals surface area contributed by atoms with Crippen molar-refractivity contribution in [3.05, 3.63) is 48.0 Å². The minimum atomic E-state index is -0.153. The molecule has 10 atom stereocenters. The molecule has 0 bridgehead atoms. The molecule has 5 fully saturated rings. The maximum atomic E-state index is 13.1. The zero-order valence-corrected chi connectivity index (χ0v) is 25.9. The fourth-order valence-electron chi connectivity index (χ4n) is 12.4. The first-order valence-electron chi connectivity index (χ1n) is 16.2. The molecule has 0 saturated heterocycles. The third-order valence-electron chi connectivity index (χ3n) is 14.7. The number of ether oxygens (including phenoxy) is 1. The van der Waals surface area contributed by atoms with Crippen molar-refractivity contribution in [1.29, 1.82) is 0 Å². The number of rotatable bonds is 3. The Bertz CT molecular complexity index is 1140. The van der Waals surface area contributed by atoms with Crippen LogP contribution in [0.15, 0.2) is 42.5 Å². The van der Waals surface area contributed by atoms with Gasteiger partial charge in [-0.1, -0.05) is 71.9 Å². The van der Waals surface area contributed by atoms with Gasteiger partial charge >= 0.3 is 5.97 Å². The van der Waals surface area contributed by atoms with E-state index in [1.807, 2.05) is 30.3 Å². The Balaban J connectivity index is 1.28. The quantitative estimate of drug-likeness (QED) is 0.287. The summed E-state index contributed by atoms with van der Waals surface area (Å²) in [5, 5.41) is 0. The van der Waals surface area contributed by atoms with Crippen LogP contribution in [-0.4, -0.2) is 12.1 Å². The molecule has 2 nitrogen and oxygen atoms in total. The number of allylic oxidation sites excluding steroid dienone is 1. The minimum absolute atomic E-state index is 0.00948. The molecule has 1 unspecified atom stereocenters. The van der Waals surface area contributed by atoms with E-state index in [1.54, 1.807) is 0 Å². The van der Waals surface area contributed by atoms with E-state index < -0.39 is 0 Å². The molecular formula is C37H54O2. The third kappa shape index (κ3) is 3.74. The van der Waals surface area contributed by atoms with E-state index in [0.717, 1.165) is 30.1 Å². The maximum Gasteiger partial charge on any atom is 0.338 e. The summed E-state index contributed by atoms with van der Waals surface area (Å²) in [4.78, 5) is 13.1. The van der Waals surface area contributed by atoms with E-state index >= 15 is 0 Å². The molecule has 0 spiro atoms. The van der Waals surface area contributed by atoms with Crippen LogP contribution in [0.4, 0.5) is 0 Å². The summed E-state index contributed by atoms with van der Waals surface area (Å²) < 4.78 is 6.30. The van der Waals surface area contributed by atoms with Gasteiger partial charge in [0.05, 0.1) is 5.56 Å². The fraction of sp³-hybridized carbons (Fsp3) is 0.757. The Labute approximate surface area is 238 Å². The van der Waals surface area contributed by atoms with E-state index in [0.29, 0.717) is 33.1 Å². The average molecular weight is 531 g/mol. The van der Waals surface area contributed by atoms with E-state index in [2.05, 4.69) is 55.0 Å². The van der Waals surface area contributed by atoms with E-state index in [9.17, 15) is 4.79 Å². The summed E-state index contributed by atoms with van der Waals surface area (Å²) >= 11 is 0. The van der Waals surface area contributed by atoms with Crippen LogP contribution in [0.3, 0.4) is 0 Å². The highest BCUT2D eigenvalue weighted by atomic mass is 16.5. The van der Waals surface area contributed by atoms with Gasteiger partial charge in [0.15, 0.2) is 0 Å². The summed E-state index contributed by atoms with van der Waals surface area (Å²) in [7, 11) is 0. The summed E-state index contributed by atoms with van der Waals surface area (Å²) in [6.07, 6.45) is 13.1. The molecule has 1 aromatic rings. The highest BCUT2D eigenvalue weighted by Crippen LogP contribution is 2.77. The summed E-state index contributed by atoms with van der Waals surface area (Å²) in [6, 6.07) is 9.57. The van der Waals surface area contributed by atoms with E-state index in [4.69, 9.17) is 4.74 Å². The molecule has 6 rings (SSSR count). The summed E-state index contributed by atoms with van der Waals surface area (Å²) in [5.74, 6) is 3.57. The van der Waals surface area contributed by atoms with Gasteiger partial charge in [-0.15, -0.1) is 0 Å². The second-order valence-corrected chi connectivity index (χ2v) is 16.5. The van der Waals surface area contributed by atoms with E-state index in [1.165, 1.54) is 63.4 Å².